The minimum Gasteiger partial charge on any atom is -0.272 e. The van der Waals surface area contributed by atoms with Crippen molar-refractivity contribution < 1.29 is 22.1 Å². The highest BCUT2D eigenvalue weighted by Gasteiger charge is 2.28. The Labute approximate surface area is 138 Å². The molecule has 0 saturated carbocycles. The van der Waals surface area contributed by atoms with E-state index in [2.05, 4.69) is 15.9 Å². The summed E-state index contributed by atoms with van der Waals surface area (Å²) in [7, 11) is -4.21. The molecule has 0 aromatic heterocycles. The van der Waals surface area contributed by atoms with Gasteiger partial charge in [0.2, 0.25) is 0 Å². The van der Waals surface area contributed by atoms with Gasteiger partial charge in [0.05, 0.1) is 20.4 Å². The van der Waals surface area contributed by atoms with Crippen molar-refractivity contribution in [3.63, 3.8) is 0 Å². The van der Waals surface area contributed by atoms with Gasteiger partial charge in [-0.15, -0.1) is 0 Å². The van der Waals surface area contributed by atoms with Gasteiger partial charge < -0.3 is 0 Å². The largest absolute Gasteiger partial charge is 0.297 e. The maximum absolute atomic E-state index is 13.6. The van der Waals surface area contributed by atoms with Crippen molar-refractivity contribution in [2.24, 2.45) is 0 Å². The first-order valence-electron chi connectivity index (χ1n) is 6.05. The number of anilines is 1. The van der Waals surface area contributed by atoms with Crippen LogP contribution in [0.1, 0.15) is 5.56 Å². The van der Waals surface area contributed by atoms with E-state index in [0.29, 0.717) is 6.07 Å². The molecular formula is C13H9BrF2N2O4S. The minimum atomic E-state index is -4.21. The molecule has 2 aromatic carbocycles. The lowest BCUT2D eigenvalue weighted by molar-refractivity contribution is -0.384. The normalized spacial score (nSPS) is 11.3. The first-order chi connectivity index (χ1) is 10.6. The third-order valence-electron chi connectivity index (χ3n) is 2.91. The Kier molecular flexibility index (Phi) is 4.66. The third kappa shape index (κ3) is 3.48. The van der Waals surface area contributed by atoms with E-state index in [9.17, 15) is 27.3 Å². The molecular weight excluding hydrogens is 398 g/mol. The van der Waals surface area contributed by atoms with Crippen LogP contribution in [0.4, 0.5) is 20.2 Å². The van der Waals surface area contributed by atoms with E-state index < -0.39 is 42.4 Å². The van der Waals surface area contributed by atoms with Crippen LogP contribution >= 0.6 is 15.9 Å². The van der Waals surface area contributed by atoms with E-state index in [1.165, 1.54) is 24.3 Å². The zero-order valence-electron chi connectivity index (χ0n) is 11.5. The van der Waals surface area contributed by atoms with Crippen LogP contribution in [0.15, 0.2) is 39.7 Å². The van der Waals surface area contributed by atoms with Gasteiger partial charge in [0.15, 0.2) is 11.6 Å². The SMILES string of the molecule is Cc1ccc(S(=O)(=O)Nc2c([N+](=O)[O-])cc(F)c(F)c2Br)cc1. The average Bonchev–Trinajstić information content (AvgIpc) is 2.47. The number of hydrogen-bond acceptors (Lipinski definition) is 4. The molecule has 0 spiro atoms. The molecule has 6 nitrogen and oxygen atoms in total. The summed E-state index contributed by atoms with van der Waals surface area (Å²) < 4.78 is 52.6. The lowest BCUT2D eigenvalue weighted by Crippen LogP contribution is -2.15. The van der Waals surface area contributed by atoms with Gasteiger partial charge in [0.25, 0.3) is 15.7 Å². The van der Waals surface area contributed by atoms with Crippen LogP contribution in [0.3, 0.4) is 0 Å². The molecule has 0 saturated heterocycles. The third-order valence-corrected chi connectivity index (χ3v) is 5.02. The Morgan fingerprint density at radius 2 is 1.78 bits per heavy atom. The van der Waals surface area contributed by atoms with E-state index >= 15 is 0 Å². The number of halogens is 3. The average molecular weight is 407 g/mol. The number of nitro benzene ring substituents is 1. The van der Waals surface area contributed by atoms with Crippen molar-refractivity contribution in [3.05, 3.63) is 62.1 Å². The quantitative estimate of drug-likeness (QED) is 0.475. The highest BCUT2D eigenvalue weighted by Crippen LogP contribution is 2.37. The zero-order valence-corrected chi connectivity index (χ0v) is 13.9. The summed E-state index contributed by atoms with van der Waals surface area (Å²) in [6.45, 7) is 1.75. The van der Waals surface area contributed by atoms with Crippen LogP contribution < -0.4 is 4.72 Å². The van der Waals surface area contributed by atoms with Gasteiger partial charge in [0.1, 0.15) is 5.69 Å². The Balaban J connectivity index is 2.57. The van der Waals surface area contributed by atoms with E-state index in [-0.39, 0.29) is 4.90 Å². The topological polar surface area (TPSA) is 89.3 Å². The molecule has 0 unspecified atom stereocenters. The van der Waals surface area contributed by atoms with Crippen molar-refractivity contribution in [2.45, 2.75) is 11.8 Å². The second kappa shape index (κ2) is 6.20. The number of nitro groups is 1. The molecule has 2 rings (SSSR count). The molecule has 0 radical (unpaired) electrons. The van der Waals surface area contributed by atoms with E-state index in [1.807, 2.05) is 4.72 Å². The van der Waals surface area contributed by atoms with Crippen LogP contribution in [0.25, 0.3) is 0 Å². The van der Waals surface area contributed by atoms with Gasteiger partial charge >= 0.3 is 0 Å². The fourth-order valence-corrected chi connectivity index (χ4v) is 3.44. The first kappa shape index (κ1) is 17.3. The maximum atomic E-state index is 13.6. The molecule has 0 aliphatic rings. The molecule has 2 aromatic rings. The Hall–Kier alpha value is -2.07. The summed E-state index contributed by atoms with van der Waals surface area (Å²) in [5, 5.41) is 11.0. The number of sulfonamides is 1. The highest BCUT2D eigenvalue weighted by molar-refractivity contribution is 9.10. The lowest BCUT2D eigenvalue weighted by atomic mass is 10.2. The Bertz CT molecular complexity index is 886. The second-order valence-electron chi connectivity index (χ2n) is 4.56. The molecule has 0 heterocycles. The second-order valence-corrected chi connectivity index (χ2v) is 7.03. The van der Waals surface area contributed by atoms with Gasteiger partial charge in [-0.05, 0) is 35.0 Å². The van der Waals surface area contributed by atoms with Crippen molar-refractivity contribution >= 4 is 37.3 Å². The Morgan fingerprint density at radius 1 is 1.22 bits per heavy atom. The van der Waals surface area contributed by atoms with Crippen LogP contribution in [-0.4, -0.2) is 13.3 Å². The molecule has 0 aliphatic carbocycles. The molecule has 122 valence electrons. The summed E-state index contributed by atoms with van der Waals surface area (Å²) in [6, 6.07) is 5.95. The van der Waals surface area contributed by atoms with Crippen LogP contribution in [-0.2, 0) is 10.0 Å². The smallest absolute Gasteiger partial charge is 0.272 e. The van der Waals surface area contributed by atoms with E-state index in [1.54, 1.807) is 6.92 Å². The number of hydrogen-bond donors (Lipinski definition) is 1. The number of benzene rings is 2. The predicted molar refractivity (Wildman–Crippen MR) is 82.7 cm³/mol. The predicted octanol–water partition coefficient (Wildman–Crippen LogP) is 3.74. The van der Waals surface area contributed by atoms with E-state index in [4.69, 9.17) is 0 Å². The number of nitrogens with zero attached hydrogens (tertiary/aromatic N) is 1. The fraction of sp³-hybridized carbons (Fsp3) is 0.0769. The first-order valence-corrected chi connectivity index (χ1v) is 8.32. The van der Waals surface area contributed by atoms with E-state index in [0.717, 1.165) is 5.56 Å². The van der Waals surface area contributed by atoms with Gasteiger partial charge in [-0.2, -0.15) is 0 Å². The van der Waals surface area contributed by atoms with Crippen LogP contribution in [0.5, 0.6) is 0 Å². The maximum Gasteiger partial charge on any atom is 0.297 e. The van der Waals surface area contributed by atoms with Crippen molar-refractivity contribution in [3.8, 4) is 0 Å². The number of rotatable bonds is 4. The monoisotopic (exact) mass is 406 g/mol. The molecule has 0 bridgehead atoms. The van der Waals surface area contributed by atoms with Crippen molar-refractivity contribution in [1.29, 1.82) is 0 Å². The molecule has 1 N–H and O–H groups in total. The standard InChI is InChI=1S/C13H9BrF2N2O4S/c1-7-2-4-8(5-3-7)23(21,22)17-13-10(18(19)20)6-9(15)12(16)11(13)14/h2-6,17H,1H3. The summed E-state index contributed by atoms with van der Waals surface area (Å²) in [6.07, 6.45) is 0. The highest BCUT2D eigenvalue weighted by atomic mass is 79.9. The number of aryl methyl sites for hydroxylation is 1. The molecule has 10 heteroatoms. The molecule has 0 fully saturated rings. The fourth-order valence-electron chi connectivity index (χ4n) is 1.73. The summed E-state index contributed by atoms with van der Waals surface area (Å²) in [5.41, 5.74) is -0.787. The summed E-state index contributed by atoms with van der Waals surface area (Å²) in [4.78, 5) is 9.78. The summed E-state index contributed by atoms with van der Waals surface area (Å²) in [5.74, 6) is -2.90. The van der Waals surface area contributed by atoms with Crippen LogP contribution in [0, 0.1) is 28.7 Å². The van der Waals surface area contributed by atoms with Gasteiger partial charge in [-0.1, -0.05) is 17.7 Å². The van der Waals surface area contributed by atoms with Gasteiger partial charge in [-0.3, -0.25) is 14.8 Å². The molecule has 0 aliphatic heterocycles. The summed E-state index contributed by atoms with van der Waals surface area (Å²) >= 11 is 2.64. The number of nitrogens with one attached hydrogen (secondary N) is 1. The lowest BCUT2D eigenvalue weighted by Gasteiger charge is -2.11. The van der Waals surface area contributed by atoms with Crippen LogP contribution in [0.2, 0.25) is 0 Å². The Morgan fingerprint density at radius 3 is 2.30 bits per heavy atom. The van der Waals surface area contributed by atoms with Gasteiger partial charge in [-0.25, -0.2) is 17.2 Å². The minimum absolute atomic E-state index is 0.172. The molecule has 0 amide bonds. The molecule has 23 heavy (non-hydrogen) atoms. The zero-order chi connectivity index (χ0) is 17.4. The van der Waals surface area contributed by atoms with Gasteiger partial charge in [0, 0.05) is 0 Å². The molecule has 0 atom stereocenters. The van der Waals surface area contributed by atoms with Crippen molar-refractivity contribution in [1.82, 2.24) is 0 Å². The van der Waals surface area contributed by atoms with Crippen molar-refractivity contribution in [2.75, 3.05) is 4.72 Å².